The Labute approximate surface area is 145 Å². The van der Waals surface area contributed by atoms with Gasteiger partial charge in [-0.1, -0.05) is 0 Å². The molecular formula is C18H22FN3OS. The lowest BCUT2D eigenvalue weighted by Gasteiger charge is -2.35. The van der Waals surface area contributed by atoms with E-state index in [-0.39, 0.29) is 17.8 Å². The predicted molar refractivity (Wildman–Crippen MR) is 94.5 cm³/mol. The zero-order chi connectivity index (χ0) is 17.1. The SMILES string of the molecule is CN1CCC[C@H](N(C)C(=O)Cc2nc(-c3ccc(F)cc3)cs2)C1. The Morgan fingerprint density at radius 1 is 1.42 bits per heavy atom. The minimum absolute atomic E-state index is 0.107. The lowest BCUT2D eigenvalue weighted by Crippen LogP contribution is -2.47. The first-order valence-electron chi connectivity index (χ1n) is 8.17. The van der Waals surface area contributed by atoms with Gasteiger partial charge in [0.05, 0.1) is 12.1 Å². The summed E-state index contributed by atoms with van der Waals surface area (Å²) in [4.78, 5) is 21.2. The molecule has 4 nitrogen and oxygen atoms in total. The van der Waals surface area contributed by atoms with Crippen LogP contribution in [0.4, 0.5) is 4.39 Å². The minimum atomic E-state index is -0.261. The number of hydrogen-bond acceptors (Lipinski definition) is 4. The zero-order valence-corrected chi connectivity index (χ0v) is 14.9. The fraction of sp³-hybridized carbons (Fsp3) is 0.444. The summed E-state index contributed by atoms with van der Waals surface area (Å²) in [7, 11) is 3.99. The van der Waals surface area contributed by atoms with Crippen LogP contribution in [0.25, 0.3) is 11.3 Å². The van der Waals surface area contributed by atoms with Gasteiger partial charge in [0, 0.05) is 30.6 Å². The Morgan fingerprint density at radius 2 is 2.17 bits per heavy atom. The maximum absolute atomic E-state index is 13.0. The van der Waals surface area contributed by atoms with Gasteiger partial charge in [-0.2, -0.15) is 0 Å². The van der Waals surface area contributed by atoms with Crippen molar-refractivity contribution in [3.8, 4) is 11.3 Å². The summed E-state index contributed by atoms with van der Waals surface area (Å²) in [5.74, 6) is -0.154. The molecule has 0 bridgehead atoms. The van der Waals surface area contributed by atoms with Gasteiger partial charge in [-0.05, 0) is 50.7 Å². The van der Waals surface area contributed by atoms with Crippen LogP contribution in [-0.4, -0.2) is 53.9 Å². The number of rotatable bonds is 4. The Balaban J connectivity index is 1.63. The molecule has 1 aliphatic rings. The molecule has 2 aromatic rings. The van der Waals surface area contributed by atoms with Crippen LogP contribution in [0, 0.1) is 5.82 Å². The number of hydrogen-bond donors (Lipinski definition) is 0. The second-order valence-electron chi connectivity index (χ2n) is 6.37. The van der Waals surface area contributed by atoms with Crippen molar-refractivity contribution >= 4 is 17.2 Å². The van der Waals surface area contributed by atoms with E-state index in [4.69, 9.17) is 0 Å². The van der Waals surface area contributed by atoms with Crippen molar-refractivity contribution < 1.29 is 9.18 Å². The van der Waals surface area contributed by atoms with Crippen LogP contribution in [0.5, 0.6) is 0 Å². The molecule has 1 atom stereocenters. The van der Waals surface area contributed by atoms with Crippen molar-refractivity contribution in [3.05, 3.63) is 40.5 Å². The van der Waals surface area contributed by atoms with Gasteiger partial charge in [0.1, 0.15) is 10.8 Å². The molecule has 6 heteroatoms. The molecule has 1 amide bonds. The standard InChI is InChI=1S/C18H22FN3OS/c1-21-9-3-4-15(11-21)22(2)18(23)10-17-20-16(12-24-17)13-5-7-14(19)8-6-13/h5-8,12,15H,3-4,9-11H2,1-2H3/t15-/m0/s1. The number of carbonyl (C=O) groups excluding carboxylic acids is 1. The van der Waals surface area contributed by atoms with E-state index in [9.17, 15) is 9.18 Å². The van der Waals surface area contributed by atoms with Gasteiger partial charge in [0.25, 0.3) is 0 Å². The van der Waals surface area contributed by atoms with E-state index in [2.05, 4.69) is 16.9 Å². The molecule has 128 valence electrons. The molecule has 0 aliphatic carbocycles. The fourth-order valence-corrected chi connectivity index (χ4v) is 3.85. The average molecular weight is 347 g/mol. The van der Waals surface area contributed by atoms with Gasteiger partial charge in [-0.15, -0.1) is 11.3 Å². The number of piperidine rings is 1. The molecule has 1 aliphatic heterocycles. The number of nitrogens with zero attached hydrogens (tertiary/aromatic N) is 3. The van der Waals surface area contributed by atoms with Gasteiger partial charge in [0.2, 0.25) is 5.91 Å². The second kappa shape index (κ2) is 7.40. The number of likely N-dealkylation sites (N-methyl/N-ethyl adjacent to an activating group) is 2. The van der Waals surface area contributed by atoms with Gasteiger partial charge in [0.15, 0.2) is 0 Å². The first-order valence-corrected chi connectivity index (χ1v) is 9.05. The van der Waals surface area contributed by atoms with Crippen molar-refractivity contribution in [2.45, 2.75) is 25.3 Å². The monoisotopic (exact) mass is 347 g/mol. The Bertz CT molecular complexity index is 701. The summed E-state index contributed by atoms with van der Waals surface area (Å²) < 4.78 is 13.0. The number of likely N-dealkylation sites (tertiary alicyclic amines) is 1. The van der Waals surface area contributed by atoms with E-state index >= 15 is 0 Å². The zero-order valence-electron chi connectivity index (χ0n) is 14.0. The van der Waals surface area contributed by atoms with E-state index in [0.717, 1.165) is 42.2 Å². The Morgan fingerprint density at radius 3 is 2.88 bits per heavy atom. The Kier molecular flexibility index (Phi) is 5.26. The highest BCUT2D eigenvalue weighted by Gasteiger charge is 2.25. The van der Waals surface area contributed by atoms with E-state index in [0.29, 0.717) is 6.42 Å². The van der Waals surface area contributed by atoms with Gasteiger partial charge >= 0.3 is 0 Å². The lowest BCUT2D eigenvalue weighted by atomic mass is 10.0. The summed E-state index contributed by atoms with van der Waals surface area (Å²) in [5, 5.41) is 2.72. The molecule has 0 saturated carbocycles. The molecule has 0 unspecified atom stereocenters. The van der Waals surface area contributed by atoms with Crippen LogP contribution >= 0.6 is 11.3 Å². The highest BCUT2D eigenvalue weighted by Crippen LogP contribution is 2.23. The van der Waals surface area contributed by atoms with Crippen LogP contribution in [0.2, 0.25) is 0 Å². The summed E-state index contributed by atoms with van der Waals surface area (Å²) in [6.45, 7) is 2.03. The maximum atomic E-state index is 13.0. The lowest BCUT2D eigenvalue weighted by molar-refractivity contribution is -0.132. The van der Waals surface area contributed by atoms with Crippen molar-refractivity contribution in [2.75, 3.05) is 27.2 Å². The van der Waals surface area contributed by atoms with E-state index in [1.807, 2.05) is 17.3 Å². The first-order chi connectivity index (χ1) is 11.5. The molecule has 1 saturated heterocycles. The smallest absolute Gasteiger partial charge is 0.229 e. The summed E-state index contributed by atoms with van der Waals surface area (Å²) in [5.41, 5.74) is 1.66. The molecular weight excluding hydrogens is 325 g/mol. The molecule has 2 heterocycles. The molecule has 1 fully saturated rings. The van der Waals surface area contributed by atoms with Crippen LogP contribution in [0.15, 0.2) is 29.6 Å². The van der Waals surface area contributed by atoms with Crippen molar-refractivity contribution in [1.82, 2.24) is 14.8 Å². The van der Waals surface area contributed by atoms with E-state index in [1.165, 1.54) is 23.5 Å². The van der Waals surface area contributed by atoms with E-state index in [1.54, 1.807) is 12.1 Å². The number of thiazole rings is 1. The van der Waals surface area contributed by atoms with Crippen molar-refractivity contribution in [1.29, 1.82) is 0 Å². The number of aromatic nitrogens is 1. The molecule has 1 aromatic heterocycles. The molecule has 3 rings (SSSR count). The highest BCUT2D eigenvalue weighted by atomic mass is 32.1. The number of halogens is 1. The number of amides is 1. The maximum Gasteiger partial charge on any atom is 0.229 e. The first kappa shape index (κ1) is 17.0. The third-order valence-electron chi connectivity index (χ3n) is 4.53. The third kappa shape index (κ3) is 3.99. The van der Waals surface area contributed by atoms with Crippen LogP contribution in [0.1, 0.15) is 17.8 Å². The predicted octanol–water partition coefficient (Wildman–Crippen LogP) is 3.04. The van der Waals surface area contributed by atoms with Crippen LogP contribution < -0.4 is 0 Å². The summed E-state index contributed by atoms with van der Waals surface area (Å²) >= 11 is 1.48. The molecule has 0 spiro atoms. The molecule has 1 aromatic carbocycles. The molecule has 24 heavy (non-hydrogen) atoms. The normalized spacial score (nSPS) is 18.5. The fourth-order valence-electron chi connectivity index (χ4n) is 3.06. The third-order valence-corrected chi connectivity index (χ3v) is 5.38. The molecule has 0 radical (unpaired) electrons. The Hall–Kier alpha value is -1.79. The number of carbonyl (C=O) groups is 1. The average Bonchev–Trinajstić information content (AvgIpc) is 3.03. The largest absolute Gasteiger partial charge is 0.341 e. The van der Waals surface area contributed by atoms with Gasteiger partial charge < -0.3 is 9.80 Å². The number of benzene rings is 1. The topological polar surface area (TPSA) is 36.4 Å². The summed E-state index contributed by atoms with van der Waals surface area (Å²) in [6.07, 6.45) is 2.51. The van der Waals surface area contributed by atoms with Crippen molar-refractivity contribution in [2.24, 2.45) is 0 Å². The minimum Gasteiger partial charge on any atom is -0.341 e. The van der Waals surface area contributed by atoms with Gasteiger partial charge in [-0.25, -0.2) is 9.37 Å². The second-order valence-corrected chi connectivity index (χ2v) is 7.32. The van der Waals surface area contributed by atoms with Gasteiger partial charge in [-0.3, -0.25) is 4.79 Å². The van der Waals surface area contributed by atoms with Crippen molar-refractivity contribution in [3.63, 3.8) is 0 Å². The van der Waals surface area contributed by atoms with Crippen LogP contribution in [-0.2, 0) is 11.2 Å². The summed E-state index contributed by atoms with van der Waals surface area (Å²) in [6, 6.07) is 6.55. The quantitative estimate of drug-likeness (QED) is 0.853. The van der Waals surface area contributed by atoms with Crippen LogP contribution in [0.3, 0.4) is 0 Å². The van der Waals surface area contributed by atoms with E-state index < -0.39 is 0 Å². The molecule has 0 N–H and O–H groups in total. The highest BCUT2D eigenvalue weighted by molar-refractivity contribution is 7.10.